The van der Waals surface area contributed by atoms with Crippen molar-refractivity contribution in [3.63, 3.8) is 0 Å². The van der Waals surface area contributed by atoms with E-state index in [0.29, 0.717) is 27.7 Å². The Bertz CT molecular complexity index is 674. The largest absolute Gasteiger partial charge is 0.495 e. The highest BCUT2D eigenvalue weighted by molar-refractivity contribution is 6.32. The number of nitrogens with one attached hydrogen (secondary N) is 1. The number of carbonyl (C=O) groups is 1. The first-order valence-electron chi connectivity index (χ1n) is 6.14. The first-order chi connectivity index (χ1) is 10.1. The van der Waals surface area contributed by atoms with Crippen LogP contribution in [0.5, 0.6) is 5.75 Å². The number of benzene rings is 2. The van der Waals surface area contributed by atoms with Crippen LogP contribution in [-0.4, -0.2) is 20.2 Å². The van der Waals surface area contributed by atoms with Gasteiger partial charge in [0.1, 0.15) is 5.75 Å². The molecule has 0 aliphatic heterocycles. The summed E-state index contributed by atoms with van der Waals surface area (Å²) in [5.74, 6) is 0.0995. The van der Waals surface area contributed by atoms with Gasteiger partial charge in [-0.3, -0.25) is 0 Å². The van der Waals surface area contributed by atoms with Crippen LogP contribution >= 0.6 is 11.6 Å². The lowest BCUT2D eigenvalue weighted by atomic mass is 10.1. The van der Waals surface area contributed by atoms with Crippen molar-refractivity contribution in [3.8, 4) is 5.75 Å². The molecule has 0 bridgehead atoms. The van der Waals surface area contributed by atoms with Crippen LogP contribution in [0, 0.1) is 0 Å². The van der Waals surface area contributed by atoms with Crippen molar-refractivity contribution in [2.24, 2.45) is 0 Å². The molecule has 2 rings (SSSR count). The fourth-order valence-corrected chi connectivity index (χ4v) is 2.12. The predicted octanol–water partition coefficient (Wildman–Crippen LogP) is 3.46. The summed E-state index contributed by atoms with van der Waals surface area (Å²) < 4.78 is 9.78. The van der Waals surface area contributed by atoms with Gasteiger partial charge in [0.05, 0.1) is 36.2 Å². The van der Waals surface area contributed by atoms with Crippen LogP contribution in [0.1, 0.15) is 10.4 Å². The number of nitrogen functional groups attached to an aromatic ring is 1. The van der Waals surface area contributed by atoms with Gasteiger partial charge in [-0.2, -0.15) is 0 Å². The molecule has 0 heterocycles. The topological polar surface area (TPSA) is 73.6 Å². The number of nitrogens with two attached hydrogens (primary N) is 1. The van der Waals surface area contributed by atoms with Crippen LogP contribution in [0.25, 0.3) is 0 Å². The van der Waals surface area contributed by atoms with Crippen molar-refractivity contribution in [1.82, 2.24) is 0 Å². The molecular weight excluding hydrogens is 292 g/mol. The average molecular weight is 307 g/mol. The number of rotatable bonds is 4. The zero-order valence-electron chi connectivity index (χ0n) is 11.6. The Hall–Kier alpha value is -2.40. The number of halogens is 1. The molecule has 110 valence electrons. The second-order valence-electron chi connectivity index (χ2n) is 4.23. The molecule has 5 nitrogen and oxygen atoms in total. The van der Waals surface area contributed by atoms with E-state index in [0.717, 1.165) is 5.69 Å². The number of para-hydroxylation sites is 1. The van der Waals surface area contributed by atoms with Crippen LogP contribution in [-0.2, 0) is 4.74 Å². The molecule has 2 aromatic rings. The predicted molar refractivity (Wildman–Crippen MR) is 83.5 cm³/mol. The number of hydrogen-bond acceptors (Lipinski definition) is 5. The van der Waals surface area contributed by atoms with E-state index in [9.17, 15) is 4.79 Å². The summed E-state index contributed by atoms with van der Waals surface area (Å²) in [6, 6.07) is 10.3. The normalized spacial score (nSPS) is 10.0. The van der Waals surface area contributed by atoms with Crippen LogP contribution in [0.2, 0.25) is 5.02 Å². The number of esters is 1. The Labute approximate surface area is 127 Å². The third-order valence-corrected chi connectivity index (χ3v) is 3.24. The molecule has 3 N–H and O–H groups in total. The van der Waals surface area contributed by atoms with Crippen molar-refractivity contribution >= 4 is 34.6 Å². The smallest absolute Gasteiger partial charge is 0.340 e. The fraction of sp³-hybridized carbons (Fsp3) is 0.133. The van der Waals surface area contributed by atoms with Gasteiger partial charge in [0.2, 0.25) is 0 Å². The maximum atomic E-state index is 11.6. The molecule has 6 heteroatoms. The van der Waals surface area contributed by atoms with Crippen LogP contribution in [0.3, 0.4) is 0 Å². The minimum atomic E-state index is -0.482. The first-order valence-corrected chi connectivity index (χ1v) is 6.52. The summed E-state index contributed by atoms with van der Waals surface area (Å²) in [7, 11) is 2.86. The minimum Gasteiger partial charge on any atom is -0.495 e. The van der Waals surface area contributed by atoms with Gasteiger partial charge < -0.3 is 20.5 Å². The van der Waals surface area contributed by atoms with E-state index in [-0.39, 0.29) is 0 Å². The van der Waals surface area contributed by atoms with Gasteiger partial charge in [0.25, 0.3) is 0 Å². The van der Waals surface area contributed by atoms with Crippen molar-refractivity contribution in [2.75, 3.05) is 25.3 Å². The Kier molecular flexibility index (Phi) is 4.55. The summed E-state index contributed by atoms with van der Waals surface area (Å²) in [4.78, 5) is 11.6. The second-order valence-corrected chi connectivity index (χ2v) is 4.64. The third kappa shape index (κ3) is 3.20. The molecule has 0 amide bonds. The Morgan fingerprint density at radius 2 is 2.00 bits per heavy atom. The van der Waals surface area contributed by atoms with E-state index in [2.05, 4.69) is 10.1 Å². The van der Waals surface area contributed by atoms with E-state index in [4.69, 9.17) is 22.1 Å². The van der Waals surface area contributed by atoms with E-state index < -0.39 is 5.97 Å². The molecule has 0 saturated carbocycles. The lowest BCUT2D eigenvalue weighted by Crippen LogP contribution is -2.07. The molecule has 0 radical (unpaired) electrons. The molecule has 0 fully saturated rings. The molecule has 21 heavy (non-hydrogen) atoms. The number of methoxy groups -OCH3 is 2. The monoisotopic (exact) mass is 306 g/mol. The van der Waals surface area contributed by atoms with Gasteiger partial charge in [0, 0.05) is 5.69 Å². The summed E-state index contributed by atoms with van der Waals surface area (Å²) in [5, 5.41) is 3.59. The number of ether oxygens (including phenoxy) is 2. The van der Waals surface area contributed by atoms with Gasteiger partial charge in [-0.05, 0) is 30.3 Å². The van der Waals surface area contributed by atoms with Crippen LogP contribution in [0.4, 0.5) is 17.1 Å². The van der Waals surface area contributed by atoms with Gasteiger partial charge in [0.15, 0.2) is 0 Å². The minimum absolute atomic E-state index is 0.308. The summed E-state index contributed by atoms with van der Waals surface area (Å²) in [6.45, 7) is 0. The molecule has 0 atom stereocenters. The summed E-state index contributed by atoms with van der Waals surface area (Å²) in [6.07, 6.45) is 0. The van der Waals surface area contributed by atoms with Gasteiger partial charge >= 0.3 is 5.97 Å². The molecule has 2 aromatic carbocycles. The highest BCUT2D eigenvalue weighted by Crippen LogP contribution is 2.31. The van der Waals surface area contributed by atoms with Crippen LogP contribution in [0.15, 0.2) is 36.4 Å². The Morgan fingerprint density at radius 3 is 2.62 bits per heavy atom. The average Bonchev–Trinajstić information content (AvgIpc) is 2.49. The van der Waals surface area contributed by atoms with E-state index in [1.54, 1.807) is 43.5 Å². The molecule has 0 spiro atoms. The van der Waals surface area contributed by atoms with Crippen molar-refractivity contribution in [3.05, 3.63) is 47.0 Å². The van der Waals surface area contributed by atoms with E-state index in [1.165, 1.54) is 7.11 Å². The number of hydrogen-bond donors (Lipinski definition) is 2. The number of carbonyl (C=O) groups excluding carboxylic acids is 1. The van der Waals surface area contributed by atoms with Crippen molar-refractivity contribution in [1.29, 1.82) is 0 Å². The quantitative estimate of drug-likeness (QED) is 0.668. The fourth-order valence-electron chi connectivity index (χ4n) is 1.86. The van der Waals surface area contributed by atoms with E-state index in [1.807, 2.05) is 0 Å². The zero-order valence-corrected chi connectivity index (χ0v) is 12.4. The van der Waals surface area contributed by atoms with Gasteiger partial charge in [-0.25, -0.2) is 4.79 Å². The standard InChI is InChI=1S/C15H15ClN2O3/c1-20-13-7-6-9(8-11(13)16)18-12-5-3-4-10(14(12)17)15(19)21-2/h3-8,18H,17H2,1-2H3. The summed E-state index contributed by atoms with van der Waals surface area (Å²) >= 11 is 6.07. The lowest BCUT2D eigenvalue weighted by molar-refractivity contribution is 0.0602. The molecular formula is C15H15ClN2O3. The van der Waals surface area contributed by atoms with Crippen molar-refractivity contribution in [2.45, 2.75) is 0 Å². The molecule has 0 unspecified atom stereocenters. The molecule has 0 aliphatic carbocycles. The summed E-state index contributed by atoms with van der Waals surface area (Å²) in [5.41, 5.74) is 7.93. The molecule has 0 aromatic heterocycles. The highest BCUT2D eigenvalue weighted by atomic mass is 35.5. The maximum absolute atomic E-state index is 11.6. The highest BCUT2D eigenvalue weighted by Gasteiger charge is 2.13. The lowest BCUT2D eigenvalue weighted by Gasteiger charge is -2.13. The van der Waals surface area contributed by atoms with Gasteiger partial charge in [-0.1, -0.05) is 17.7 Å². The molecule has 0 saturated heterocycles. The number of anilines is 3. The van der Waals surface area contributed by atoms with Gasteiger partial charge in [-0.15, -0.1) is 0 Å². The zero-order chi connectivity index (χ0) is 15.4. The SMILES string of the molecule is COC(=O)c1cccc(Nc2ccc(OC)c(Cl)c2)c1N. The maximum Gasteiger partial charge on any atom is 0.340 e. The first kappa shape index (κ1) is 15.0. The van der Waals surface area contributed by atoms with E-state index >= 15 is 0 Å². The van der Waals surface area contributed by atoms with Crippen molar-refractivity contribution < 1.29 is 14.3 Å². The third-order valence-electron chi connectivity index (χ3n) is 2.94. The Balaban J connectivity index is 2.32. The Morgan fingerprint density at radius 1 is 1.24 bits per heavy atom. The molecule has 0 aliphatic rings. The second kappa shape index (κ2) is 6.37. The van der Waals surface area contributed by atoms with Crippen LogP contribution < -0.4 is 15.8 Å².